The molecule has 0 amide bonds. The van der Waals surface area contributed by atoms with Crippen LogP contribution in [0, 0.1) is 36.7 Å². The molecule has 3 aromatic heterocycles. The van der Waals surface area contributed by atoms with Crippen molar-refractivity contribution in [2.75, 3.05) is 4.81 Å². The van der Waals surface area contributed by atoms with Crippen LogP contribution in [0.25, 0.3) is 55.9 Å². The number of aromatic nitrogens is 5. The molecule has 10 rings (SSSR count). The van der Waals surface area contributed by atoms with Crippen LogP contribution in [-0.4, -0.2) is 30.8 Å². The summed E-state index contributed by atoms with van der Waals surface area (Å²) in [6, 6.07) is 38.8. The van der Waals surface area contributed by atoms with E-state index in [9.17, 15) is 2.74 Å². The Balaban J connectivity index is 1.21. The van der Waals surface area contributed by atoms with Gasteiger partial charge in [0.15, 0.2) is 0 Å². The monoisotopic (exact) mass is 1120 g/mol. The number of ether oxygens (including phenoxy) is 1. The average Bonchev–Trinajstić information content (AvgIpc) is 3.89. The Labute approximate surface area is 438 Å². The maximum atomic E-state index is 9.49. The van der Waals surface area contributed by atoms with Gasteiger partial charge in [0.25, 0.3) is 0 Å². The van der Waals surface area contributed by atoms with Crippen LogP contribution in [0.4, 0.5) is 11.5 Å². The second-order valence-electron chi connectivity index (χ2n) is 21.9. The molecule has 71 heavy (non-hydrogen) atoms. The van der Waals surface area contributed by atoms with Crippen LogP contribution < -0.4 is 9.55 Å². The van der Waals surface area contributed by atoms with Gasteiger partial charge in [0.2, 0.25) is 0 Å². The van der Waals surface area contributed by atoms with Crippen molar-refractivity contribution in [3.05, 3.63) is 183 Å². The van der Waals surface area contributed by atoms with Crippen LogP contribution in [0.1, 0.15) is 110 Å². The molecular formula is C62H63BN6OPt-2. The summed E-state index contributed by atoms with van der Waals surface area (Å²) < 4.78 is 59.5. The van der Waals surface area contributed by atoms with Gasteiger partial charge in [0.1, 0.15) is 0 Å². The number of imidazole rings is 1. The van der Waals surface area contributed by atoms with Gasteiger partial charge in [0.05, 0.1) is 5.69 Å². The second-order valence-corrected chi connectivity index (χ2v) is 22.9. The predicted molar refractivity (Wildman–Crippen MR) is 290 cm³/mol. The molecule has 1 aliphatic rings. The van der Waals surface area contributed by atoms with Gasteiger partial charge < -0.3 is 0 Å². The van der Waals surface area contributed by atoms with Gasteiger partial charge in [-0.25, -0.2) is 0 Å². The van der Waals surface area contributed by atoms with E-state index in [4.69, 9.17) is 18.9 Å². The van der Waals surface area contributed by atoms with E-state index in [2.05, 4.69) is 189 Å². The van der Waals surface area contributed by atoms with E-state index in [0.29, 0.717) is 28.4 Å². The fourth-order valence-electron chi connectivity index (χ4n) is 9.66. The van der Waals surface area contributed by atoms with Crippen LogP contribution >= 0.6 is 0 Å². The van der Waals surface area contributed by atoms with E-state index in [0.717, 1.165) is 88.6 Å². The first-order valence-corrected chi connectivity index (χ1v) is 25.6. The van der Waals surface area contributed by atoms with Gasteiger partial charge in [-0.1, -0.05) is 6.92 Å². The number of fused-ring (bicyclic) bond motifs is 4. The van der Waals surface area contributed by atoms with Gasteiger partial charge in [-0.05, 0) is 32.4 Å². The second kappa shape index (κ2) is 18.0. The van der Waals surface area contributed by atoms with Gasteiger partial charge in [-0.3, -0.25) is 0 Å². The molecule has 0 bridgehead atoms. The quantitative estimate of drug-likeness (QED) is 0.112. The predicted octanol–water partition coefficient (Wildman–Crippen LogP) is 15.8. The molecule has 7 nitrogen and oxygen atoms in total. The third-order valence-corrected chi connectivity index (χ3v) is 14.8. The molecule has 0 spiro atoms. The Morgan fingerprint density at radius 2 is 1.28 bits per heavy atom. The van der Waals surface area contributed by atoms with Crippen molar-refractivity contribution in [2.24, 2.45) is 0 Å². The zero-order valence-electron chi connectivity index (χ0n) is 48.0. The van der Waals surface area contributed by atoms with E-state index in [1.807, 2.05) is 54.7 Å². The summed E-state index contributed by atoms with van der Waals surface area (Å²) in [6.45, 7) is 28.1. The number of pyridine rings is 1. The molecule has 0 unspecified atom stereocenters. The first kappa shape index (κ1) is 42.2. The summed E-state index contributed by atoms with van der Waals surface area (Å²) in [6.07, 6.45) is 2.61. The summed E-state index contributed by atoms with van der Waals surface area (Å²) in [5.41, 5.74) is 14.2. The van der Waals surface area contributed by atoms with Crippen LogP contribution in [0.5, 0.6) is 11.5 Å². The summed E-state index contributed by atoms with van der Waals surface area (Å²) in [5, 5.41) is 5.03. The molecule has 0 saturated carbocycles. The van der Waals surface area contributed by atoms with E-state index in [1.54, 1.807) is 0 Å². The molecule has 4 heterocycles. The minimum atomic E-state index is -0.437. The van der Waals surface area contributed by atoms with Crippen molar-refractivity contribution in [3.63, 3.8) is 0 Å². The SMILES string of the molecule is [2H]c1c([2H])c([2H])c(-c2cc(C(C)(C)C)cc(-c3cc(C(C)(C)C)cc(C(C)(C)C)c3)c2-n2[c](=[Pt])n(-c3[c-]c(Oc4[c-]c5c(cc4)-c4c(C)c(C)nn4B(CC)N5c4cc(C)ccn4)ccc3)c3ccccc32)c([2H])c1[2H]. The number of nitrogens with zero attached hydrogens (tertiary/aromatic N) is 6. The molecule has 9 heteroatoms. The van der Waals surface area contributed by atoms with E-state index in [-0.39, 0.29) is 47.5 Å². The zero-order chi connectivity index (χ0) is 54.7. The number of hydrogen-bond acceptors (Lipinski definition) is 4. The van der Waals surface area contributed by atoms with Crippen molar-refractivity contribution in [2.45, 2.75) is 113 Å². The van der Waals surface area contributed by atoms with Gasteiger partial charge in [-0.15, -0.1) is 0 Å². The number of hydrogen-bond donors (Lipinski definition) is 0. The number of benzene rings is 6. The standard InChI is InChI=1S/C62H63BN6O.Pt/c1-14-63-68(57-31-40(2)29-30-64-57)56-38-50(27-28-51(56)58-41(3)42(4)65-69(58)63)70-49-24-20-23-48(37-49)66-39-67(55-26-19-18-25-54(55)66)59-52(43-21-16-15-17-22-43)35-47(62(11,12)13)36-53(59)44-32-45(60(5,6)7)34-46(33-44)61(8,9)10;/h15-36H,14H2,1-13H3;/q-2;/i15D,16D,17D,21D,22D;. The van der Waals surface area contributed by atoms with Crippen molar-refractivity contribution in [1.82, 2.24) is 23.8 Å². The van der Waals surface area contributed by atoms with E-state index < -0.39 is 11.5 Å². The number of para-hydroxylation sites is 2. The summed E-state index contributed by atoms with van der Waals surface area (Å²) in [4.78, 5) is 7.07. The van der Waals surface area contributed by atoms with Crippen LogP contribution in [0.3, 0.4) is 0 Å². The summed E-state index contributed by atoms with van der Waals surface area (Å²) >= 11 is 2.37. The van der Waals surface area contributed by atoms with Gasteiger partial charge in [0, 0.05) is 6.20 Å². The Hall–Kier alpha value is -6.50. The van der Waals surface area contributed by atoms with E-state index in [1.165, 1.54) is 0 Å². The molecule has 1 aliphatic heterocycles. The number of rotatable bonds is 8. The normalized spacial score (nSPS) is 13.9. The fourth-order valence-corrected chi connectivity index (χ4v) is 10.7. The Morgan fingerprint density at radius 3 is 1.92 bits per heavy atom. The van der Waals surface area contributed by atoms with Gasteiger partial charge >= 0.3 is 385 Å². The van der Waals surface area contributed by atoms with Gasteiger partial charge in [-0.2, -0.15) is 5.10 Å². The van der Waals surface area contributed by atoms with Crippen molar-refractivity contribution in [1.29, 1.82) is 0 Å². The number of aryl methyl sites for hydroxylation is 2. The summed E-state index contributed by atoms with van der Waals surface area (Å²) in [7, 11) is 0. The van der Waals surface area contributed by atoms with Crippen molar-refractivity contribution >= 4 is 29.5 Å². The fraction of sp³-hybridized carbons (Fsp3) is 0.274. The molecule has 0 aliphatic carbocycles. The van der Waals surface area contributed by atoms with Crippen molar-refractivity contribution in [3.8, 4) is 56.4 Å². The first-order valence-electron chi connectivity index (χ1n) is 26.9. The third-order valence-electron chi connectivity index (χ3n) is 13.7. The maximum absolute atomic E-state index is 9.49. The Kier molecular flexibility index (Phi) is 10.7. The molecule has 9 aromatic rings. The molecular weight excluding hydrogens is 1050 g/mol. The molecule has 0 N–H and O–H groups in total. The Bertz CT molecular complexity index is 3830. The first-order chi connectivity index (χ1) is 35.8. The molecule has 362 valence electrons. The molecule has 0 saturated heterocycles. The van der Waals surface area contributed by atoms with Crippen LogP contribution in [-0.2, 0) is 35.6 Å². The third kappa shape index (κ3) is 8.77. The van der Waals surface area contributed by atoms with E-state index >= 15 is 0 Å². The topological polar surface area (TPSA) is 53.0 Å². The Morgan fingerprint density at radius 1 is 0.662 bits per heavy atom. The minimum absolute atomic E-state index is 0.136. The molecule has 0 fully saturated rings. The number of anilines is 2. The van der Waals surface area contributed by atoms with Crippen LogP contribution in [0.15, 0.2) is 133 Å². The van der Waals surface area contributed by atoms with Crippen molar-refractivity contribution < 1.29 is 30.9 Å². The molecule has 0 atom stereocenters. The zero-order valence-corrected chi connectivity index (χ0v) is 45.3. The summed E-state index contributed by atoms with van der Waals surface area (Å²) in [5.74, 6) is 1.80. The molecule has 0 radical (unpaired) electrons. The molecule has 6 aromatic carbocycles. The average molecular weight is 1120 g/mol. The van der Waals surface area contributed by atoms with Crippen LogP contribution in [0.2, 0.25) is 6.32 Å².